The molecule has 0 aliphatic rings. The molecular weight excluding hydrogens is 360 g/mol. The average molecular weight is 374 g/mol. The number of alkyl halides is 3. The van der Waals surface area contributed by atoms with Gasteiger partial charge in [-0.15, -0.1) is 0 Å². The van der Waals surface area contributed by atoms with Gasteiger partial charge in [-0.05, 0) is 37.3 Å². The van der Waals surface area contributed by atoms with E-state index in [1.165, 1.54) is 10.9 Å². The van der Waals surface area contributed by atoms with Gasteiger partial charge in [0.15, 0.2) is 11.5 Å². The van der Waals surface area contributed by atoms with Crippen molar-refractivity contribution in [2.24, 2.45) is 0 Å². The summed E-state index contributed by atoms with van der Waals surface area (Å²) in [6.45, 7) is 2.04. The molecule has 0 unspecified atom stereocenters. The Bertz CT molecular complexity index is 1120. The van der Waals surface area contributed by atoms with Crippen LogP contribution in [0.25, 0.3) is 33.4 Å². The summed E-state index contributed by atoms with van der Waals surface area (Å²) < 4.78 is 54.3. The Morgan fingerprint density at radius 1 is 1.11 bits per heavy atom. The third-order valence-electron chi connectivity index (χ3n) is 4.35. The van der Waals surface area contributed by atoms with Crippen LogP contribution in [0.3, 0.4) is 0 Å². The summed E-state index contributed by atoms with van der Waals surface area (Å²) in [5.41, 5.74) is 1.76. The fraction of sp³-hybridized carbons (Fsp3) is 0.158. The third kappa shape index (κ3) is 3.07. The first-order valence-electron chi connectivity index (χ1n) is 8.25. The number of aryl methyl sites for hydroxylation is 1. The van der Waals surface area contributed by atoms with Crippen LogP contribution < -0.4 is 0 Å². The molecule has 0 saturated carbocycles. The van der Waals surface area contributed by atoms with Crippen molar-refractivity contribution >= 4 is 10.9 Å². The molecule has 138 valence electrons. The molecule has 0 radical (unpaired) electrons. The fourth-order valence-corrected chi connectivity index (χ4v) is 3.06. The van der Waals surface area contributed by atoms with Crippen molar-refractivity contribution in [3.05, 3.63) is 60.3 Å². The van der Waals surface area contributed by atoms with E-state index in [4.69, 9.17) is 0 Å². The zero-order valence-electron chi connectivity index (χ0n) is 14.2. The Kier molecular flexibility index (Phi) is 3.98. The van der Waals surface area contributed by atoms with Gasteiger partial charge in [-0.25, -0.2) is 4.39 Å². The van der Waals surface area contributed by atoms with Gasteiger partial charge in [0.05, 0.1) is 11.9 Å². The van der Waals surface area contributed by atoms with E-state index in [0.29, 0.717) is 29.1 Å². The second-order valence-electron chi connectivity index (χ2n) is 6.07. The predicted molar refractivity (Wildman–Crippen MR) is 93.4 cm³/mol. The minimum atomic E-state index is -4.50. The van der Waals surface area contributed by atoms with Gasteiger partial charge < -0.3 is 4.98 Å². The summed E-state index contributed by atoms with van der Waals surface area (Å²) in [4.78, 5) is 6.85. The van der Waals surface area contributed by atoms with Gasteiger partial charge in [-0.3, -0.25) is 9.67 Å². The van der Waals surface area contributed by atoms with Crippen molar-refractivity contribution < 1.29 is 17.6 Å². The van der Waals surface area contributed by atoms with Gasteiger partial charge in [0.1, 0.15) is 0 Å². The van der Waals surface area contributed by atoms with Crippen LogP contribution in [-0.2, 0) is 12.7 Å². The van der Waals surface area contributed by atoms with Crippen LogP contribution in [0.1, 0.15) is 12.6 Å². The van der Waals surface area contributed by atoms with E-state index < -0.39 is 17.7 Å². The molecule has 0 spiro atoms. The Morgan fingerprint density at radius 3 is 2.63 bits per heavy atom. The number of aromatic amines is 1. The first-order chi connectivity index (χ1) is 12.9. The predicted octanol–water partition coefficient (Wildman–Crippen LogP) is 5.27. The summed E-state index contributed by atoms with van der Waals surface area (Å²) in [6.07, 6.45) is -1.88. The number of benzene rings is 1. The molecule has 0 atom stereocenters. The molecule has 0 amide bonds. The third-order valence-corrected chi connectivity index (χ3v) is 4.35. The molecule has 1 N–H and O–H groups in total. The van der Waals surface area contributed by atoms with Crippen LogP contribution in [0, 0.1) is 5.82 Å². The molecule has 4 aromatic rings. The molecule has 8 heteroatoms. The lowest BCUT2D eigenvalue weighted by Crippen LogP contribution is -2.07. The number of nitrogens with zero attached hydrogens (tertiary/aromatic N) is 3. The van der Waals surface area contributed by atoms with Crippen LogP contribution in [0.15, 0.2) is 48.8 Å². The quantitative estimate of drug-likeness (QED) is 0.497. The number of nitrogens with one attached hydrogen (secondary N) is 1. The molecule has 0 fully saturated rings. The molecule has 0 saturated heterocycles. The zero-order chi connectivity index (χ0) is 19.2. The Balaban J connectivity index is 1.81. The SMILES string of the molecule is CCn1nc(C(F)(F)F)cc1-c1ccc2[nH]c(-c3ccncc3F)cc2c1. The van der Waals surface area contributed by atoms with Gasteiger partial charge in [-0.1, -0.05) is 6.07 Å². The normalized spacial score (nSPS) is 12.0. The summed E-state index contributed by atoms with van der Waals surface area (Å²) >= 11 is 0. The molecule has 4 nitrogen and oxygen atoms in total. The van der Waals surface area contributed by atoms with Crippen molar-refractivity contribution in [1.82, 2.24) is 19.7 Å². The van der Waals surface area contributed by atoms with Crippen LogP contribution in [0.4, 0.5) is 17.6 Å². The highest BCUT2D eigenvalue weighted by molar-refractivity contribution is 5.89. The average Bonchev–Trinajstić information content (AvgIpc) is 3.25. The van der Waals surface area contributed by atoms with E-state index in [1.807, 2.05) is 0 Å². The molecule has 3 heterocycles. The number of fused-ring (bicyclic) bond motifs is 1. The zero-order valence-corrected chi connectivity index (χ0v) is 14.2. The van der Waals surface area contributed by atoms with Crippen LogP contribution in [0.2, 0.25) is 0 Å². The summed E-state index contributed by atoms with van der Waals surface area (Å²) in [5, 5.41) is 4.41. The molecule has 1 aromatic carbocycles. The number of rotatable bonds is 3. The van der Waals surface area contributed by atoms with E-state index in [0.717, 1.165) is 23.2 Å². The molecular formula is C19H14F4N4. The lowest BCUT2D eigenvalue weighted by molar-refractivity contribution is -0.141. The minimum Gasteiger partial charge on any atom is -0.354 e. The second kappa shape index (κ2) is 6.22. The molecule has 27 heavy (non-hydrogen) atoms. The molecule has 0 aliphatic heterocycles. The van der Waals surface area contributed by atoms with Gasteiger partial charge >= 0.3 is 6.18 Å². The van der Waals surface area contributed by atoms with Crippen molar-refractivity contribution in [3.63, 3.8) is 0 Å². The maximum absolute atomic E-state index is 14.0. The monoisotopic (exact) mass is 374 g/mol. The van der Waals surface area contributed by atoms with E-state index in [1.54, 1.807) is 37.3 Å². The Morgan fingerprint density at radius 2 is 1.93 bits per heavy atom. The van der Waals surface area contributed by atoms with Gasteiger partial charge in [-0.2, -0.15) is 18.3 Å². The van der Waals surface area contributed by atoms with Crippen molar-refractivity contribution in [2.45, 2.75) is 19.6 Å². The number of hydrogen-bond donors (Lipinski definition) is 1. The number of aromatic nitrogens is 4. The van der Waals surface area contributed by atoms with Crippen LogP contribution in [-0.4, -0.2) is 19.7 Å². The van der Waals surface area contributed by atoms with E-state index >= 15 is 0 Å². The van der Waals surface area contributed by atoms with Crippen LogP contribution in [0.5, 0.6) is 0 Å². The number of hydrogen-bond acceptors (Lipinski definition) is 2. The van der Waals surface area contributed by atoms with Crippen molar-refractivity contribution in [2.75, 3.05) is 0 Å². The summed E-state index contributed by atoms with van der Waals surface area (Å²) in [5.74, 6) is -0.455. The minimum absolute atomic E-state index is 0.310. The van der Waals surface area contributed by atoms with Crippen molar-refractivity contribution in [1.29, 1.82) is 0 Å². The summed E-state index contributed by atoms with van der Waals surface area (Å²) in [6, 6.07) is 9.60. The standard InChI is InChI=1S/C19H14F4N4/c1-2-27-17(9-18(26-27)19(21,22)23)11-3-4-15-12(7-11)8-16(25-15)13-5-6-24-10-14(13)20/h3-10,25H,2H2,1H3. The first-order valence-corrected chi connectivity index (χ1v) is 8.25. The lowest BCUT2D eigenvalue weighted by Gasteiger charge is -2.04. The van der Waals surface area contributed by atoms with Crippen LogP contribution >= 0.6 is 0 Å². The maximum atomic E-state index is 14.0. The molecule has 0 bridgehead atoms. The number of H-pyrrole nitrogens is 1. The Labute approximate surface area is 151 Å². The van der Waals surface area contributed by atoms with E-state index in [9.17, 15) is 17.6 Å². The van der Waals surface area contributed by atoms with Crippen molar-refractivity contribution in [3.8, 4) is 22.5 Å². The maximum Gasteiger partial charge on any atom is 0.435 e. The number of halogens is 4. The molecule has 4 rings (SSSR count). The van der Waals surface area contributed by atoms with Gasteiger partial charge in [0, 0.05) is 40.5 Å². The highest BCUT2D eigenvalue weighted by Crippen LogP contribution is 2.33. The van der Waals surface area contributed by atoms with E-state index in [-0.39, 0.29) is 0 Å². The fourth-order valence-electron chi connectivity index (χ4n) is 3.06. The van der Waals surface area contributed by atoms with Gasteiger partial charge in [0.25, 0.3) is 0 Å². The largest absolute Gasteiger partial charge is 0.435 e. The summed E-state index contributed by atoms with van der Waals surface area (Å²) in [7, 11) is 0. The second-order valence-corrected chi connectivity index (χ2v) is 6.07. The lowest BCUT2D eigenvalue weighted by atomic mass is 10.1. The van der Waals surface area contributed by atoms with E-state index in [2.05, 4.69) is 15.1 Å². The first kappa shape index (κ1) is 17.3. The molecule has 0 aliphatic carbocycles. The highest BCUT2D eigenvalue weighted by Gasteiger charge is 2.35. The molecule has 3 aromatic heterocycles. The van der Waals surface area contributed by atoms with Gasteiger partial charge in [0.2, 0.25) is 0 Å². The topological polar surface area (TPSA) is 46.5 Å². The smallest absolute Gasteiger partial charge is 0.354 e. The Hall–Kier alpha value is -3.16. The number of pyridine rings is 1. The highest BCUT2D eigenvalue weighted by atomic mass is 19.4.